The predicted octanol–water partition coefficient (Wildman–Crippen LogP) is 2.42. The molecule has 0 saturated heterocycles. The SMILES string of the molecule is CCC[NH+]1CCc2c(sc3ncn4nc(-c5cccs5)nc4c23)C1. The first-order chi connectivity index (χ1) is 11.8. The number of quaternary nitrogens is 1. The van der Waals surface area contributed by atoms with Gasteiger partial charge in [0.25, 0.3) is 0 Å². The van der Waals surface area contributed by atoms with Gasteiger partial charge in [0.2, 0.25) is 0 Å². The van der Waals surface area contributed by atoms with Crippen LogP contribution in [0, 0.1) is 0 Å². The van der Waals surface area contributed by atoms with Gasteiger partial charge in [-0.2, -0.15) is 0 Å². The highest BCUT2D eigenvalue weighted by Gasteiger charge is 2.26. The molecule has 5 heterocycles. The summed E-state index contributed by atoms with van der Waals surface area (Å²) in [4.78, 5) is 14.9. The van der Waals surface area contributed by atoms with Crippen molar-refractivity contribution in [1.82, 2.24) is 19.6 Å². The Hall–Kier alpha value is -1.83. The van der Waals surface area contributed by atoms with Crippen LogP contribution in [0.4, 0.5) is 0 Å². The Morgan fingerprint density at radius 2 is 2.33 bits per heavy atom. The molecule has 0 bridgehead atoms. The Balaban J connectivity index is 1.68. The van der Waals surface area contributed by atoms with E-state index in [2.05, 4.69) is 28.5 Å². The molecule has 122 valence electrons. The Bertz CT molecular complexity index is 1010. The summed E-state index contributed by atoms with van der Waals surface area (Å²) in [7, 11) is 0. The van der Waals surface area contributed by atoms with Crippen molar-refractivity contribution >= 4 is 38.5 Å². The number of fused-ring (bicyclic) bond motifs is 5. The monoisotopic (exact) mass is 356 g/mol. The van der Waals surface area contributed by atoms with Gasteiger partial charge in [-0.05, 0) is 23.4 Å². The van der Waals surface area contributed by atoms with Gasteiger partial charge in [-0.25, -0.2) is 14.5 Å². The number of hydrogen-bond donors (Lipinski definition) is 1. The number of hydrogen-bond acceptors (Lipinski definition) is 5. The van der Waals surface area contributed by atoms with Crippen LogP contribution in [0.25, 0.3) is 26.6 Å². The molecule has 1 N–H and O–H groups in total. The molecule has 5 nitrogen and oxygen atoms in total. The zero-order valence-corrected chi connectivity index (χ0v) is 15.1. The van der Waals surface area contributed by atoms with Crippen LogP contribution in [0.1, 0.15) is 23.8 Å². The van der Waals surface area contributed by atoms with Crippen LogP contribution in [0.5, 0.6) is 0 Å². The molecule has 24 heavy (non-hydrogen) atoms. The lowest BCUT2D eigenvalue weighted by molar-refractivity contribution is -0.915. The zero-order valence-electron chi connectivity index (χ0n) is 13.5. The van der Waals surface area contributed by atoms with E-state index in [-0.39, 0.29) is 0 Å². The maximum absolute atomic E-state index is 4.84. The average molecular weight is 357 g/mol. The number of nitrogens with zero attached hydrogens (tertiary/aromatic N) is 4. The molecule has 0 aromatic carbocycles. The molecule has 5 rings (SSSR count). The topological polar surface area (TPSA) is 47.5 Å². The number of thiophene rings is 2. The standard InChI is InChI=1S/C17H17N5S2/c1-2-6-21-7-5-11-13(9-21)24-17-14(11)16-19-15(12-4-3-8-23-12)20-22(16)10-18-17/h3-4,8,10H,2,5-7,9H2,1H3/p+1. The van der Waals surface area contributed by atoms with E-state index in [9.17, 15) is 0 Å². The van der Waals surface area contributed by atoms with E-state index >= 15 is 0 Å². The van der Waals surface area contributed by atoms with E-state index in [1.54, 1.807) is 22.6 Å². The fourth-order valence-corrected chi connectivity index (χ4v) is 5.51. The van der Waals surface area contributed by atoms with Crippen LogP contribution in [0.2, 0.25) is 0 Å². The van der Waals surface area contributed by atoms with Crippen molar-refractivity contribution in [2.45, 2.75) is 26.3 Å². The fourth-order valence-electron chi connectivity index (χ4n) is 3.60. The first-order valence-electron chi connectivity index (χ1n) is 8.36. The van der Waals surface area contributed by atoms with Gasteiger partial charge in [0, 0.05) is 6.42 Å². The van der Waals surface area contributed by atoms with Gasteiger partial charge in [0.05, 0.1) is 28.2 Å². The molecule has 1 aliphatic heterocycles. The largest absolute Gasteiger partial charge is 0.330 e. The van der Waals surface area contributed by atoms with Gasteiger partial charge >= 0.3 is 0 Å². The first kappa shape index (κ1) is 14.5. The molecule has 0 saturated carbocycles. The summed E-state index contributed by atoms with van der Waals surface area (Å²) in [5.74, 6) is 0.799. The second kappa shape index (κ2) is 5.61. The van der Waals surface area contributed by atoms with E-state index in [1.165, 1.54) is 35.3 Å². The summed E-state index contributed by atoms with van der Waals surface area (Å²) in [6.07, 6.45) is 4.17. The maximum Gasteiger partial charge on any atom is 0.192 e. The second-order valence-corrected chi connectivity index (χ2v) is 8.32. The van der Waals surface area contributed by atoms with E-state index in [0.717, 1.165) is 34.1 Å². The molecule has 0 radical (unpaired) electrons. The van der Waals surface area contributed by atoms with Crippen molar-refractivity contribution in [3.05, 3.63) is 34.3 Å². The molecule has 1 atom stereocenters. The average Bonchev–Trinajstić information content (AvgIpc) is 3.31. The molecule has 1 unspecified atom stereocenters. The molecule has 0 spiro atoms. The number of rotatable bonds is 3. The lowest BCUT2D eigenvalue weighted by atomic mass is 10.1. The van der Waals surface area contributed by atoms with Crippen molar-refractivity contribution < 1.29 is 4.90 Å². The van der Waals surface area contributed by atoms with Gasteiger partial charge in [-0.15, -0.1) is 27.8 Å². The summed E-state index contributed by atoms with van der Waals surface area (Å²) < 4.78 is 1.84. The fraction of sp³-hybridized carbons (Fsp3) is 0.353. The highest BCUT2D eigenvalue weighted by atomic mass is 32.1. The zero-order chi connectivity index (χ0) is 16.1. The first-order valence-corrected chi connectivity index (χ1v) is 10.1. The van der Waals surface area contributed by atoms with Crippen LogP contribution in [0.3, 0.4) is 0 Å². The number of nitrogens with one attached hydrogen (secondary N) is 1. The maximum atomic E-state index is 4.84. The second-order valence-electron chi connectivity index (χ2n) is 6.29. The van der Waals surface area contributed by atoms with Gasteiger partial charge in [0.15, 0.2) is 11.5 Å². The minimum Gasteiger partial charge on any atom is -0.330 e. The normalized spacial score (nSPS) is 17.6. The molecular weight excluding hydrogens is 338 g/mol. The third kappa shape index (κ3) is 2.19. The Morgan fingerprint density at radius 1 is 1.38 bits per heavy atom. The Morgan fingerprint density at radius 3 is 3.17 bits per heavy atom. The van der Waals surface area contributed by atoms with E-state index in [0.29, 0.717) is 0 Å². The third-order valence-corrected chi connectivity index (χ3v) is 6.70. The van der Waals surface area contributed by atoms with Crippen molar-refractivity contribution in [2.24, 2.45) is 0 Å². The molecule has 0 amide bonds. The quantitative estimate of drug-likeness (QED) is 0.613. The molecule has 0 fully saturated rings. The van der Waals surface area contributed by atoms with Crippen molar-refractivity contribution in [3.63, 3.8) is 0 Å². The summed E-state index contributed by atoms with van der Waals surface area (Å²) in [6, 6.07) is 4.11. The Labute approximate surface area is 147 Å². The summed E-state index contributed by atoms with van der Waals surface area (Å²) in [5.41, 5.74) is 2.41. The van der Waals surface area contributed by atoms with E-state index in [1.807, 2.05) is 21.9 Å². The van der Waals surface area contributed by atoms with Crippen LogP contribution < -0.4 is 4.90 Å². The van der Waals surface area contributed by atoms with Gasteiger partial charge in [0.1, 0.15) is 17.7 Å². The summed E-state index contributed by atoms with van der Waals surface area (Å²) in [5, 5.41) is 7.92. The van der Waals surface area contributed by atoms with Gasteiger partial charge < -0.3 is 4.90 Å². The van der Waals surface area contributed by atoms with Crippen LogP contribution in [0.15, 0.2) is 23.8 Å². The minimum absolute atomic E-state index is 0.799. The highest BCUT2D eigenvalue weighted by molar-refractivity contribution is 7.19. The molecule has 1 aliphatic rings. The van der Waals surface area contributed by atoms with E-state index < -0.39 is 0 Å². The number of aromatic nitrogens is 4. The van der Waals surface area contributed by atoms with Crippen molar-refractivity contribution in [3.8, 4) is 10.7 Å². The molecule has 4 aromatic rings. The smallest absolute Gasteiger partial charge is 0.192 e. The molecular formula is C17H18N5S2+. The predicted molar refractivity (Wildman–Crippen MR) is 97.9 cm³/mol. The van der Waals surface area contributed by atoms with Crippen LogP contribution >= 0.6 is 22.7 Å². The van der Waals surface area contributed by atoms with Crippen molar-refractivity contribution in [1.29, 1.82) is 0 Å². The highest BCUT2D eigenvalue weighted by Crippen LogP contribution is 2.34. The van der Waals surface area contributed by atoms with Gasteiger partial charge in [-0.1, -0.05) is 13.0 Å². The summed E-state index contributed by atoms with van der Waals surface area (Å²) in [6.45, 7) is 5.85. The minimum atomic E-state index is 0.799. The summed E-state index contributed by atoms with van der Waals surface area (Å²) >= 11 is 3.51. The lowest BCUT2D eigenvalue weighted by Gasteiger charge is -2.23. The van der Waals surface area contributed by atoms with Crippen molar-refractivity contribution in [2.75, 3.05) is 13.1 Å². The Kier molecular flexibility index (Phi) is 3.39. The molecule has 4 aromatic heterocycles. The van der Waals surface area contributed by atoms with E-state index in [4.69, 9.17) is 4.98 Å². The molecule has 7 heteroatoms. The molecule has 0 aliphatic carbocycles. The van der Waals surface area contributed by atoms with Crippen LogP contribution in [-0.4, -0.2) is 32.7 Å². The lowest BCUT2D eigenvalue weighted by Crippen LogP contribution is -3.11. The third-order valence-electron chi connectivity index (χ3n) is 4.70. The van der Waals surface area contributed by atoms with Crippen LogP contribution in [-0.2, 0) is 13.0 Å². The van der Waals surface area contributed by atoms with Gasteiger partial charge in [-0.3, -0.25) is 0 Å².